The molecule has 138 valence electrons. The minimum atomic E-state index is -1.10. The highest BCUT2D eigenvalue weighted by molar-refractivity contribution is 7.15. The van der Waals surface area contributed by atoms with Gasteiger partial charge in [-0.1, -0.05) is 23.7 Å². The Bertz CT molecular complexity index is 979. The number of carbonyl (C=O) groups is 2. The lowest BCUT2D eigenvalue weighted by atomic mass is 10.0. The van der Waals surface area contributed by atoms with Gasteiger partial charge in [0.15, 0.2) is 0 Å². The molecule has 0 unspecified atom stereocenters. The summed E-state index contributed by atoms with van der Waals surface area (Å²) in [5, 5.41) is 15.0. The molecule has 0 fully saturated rings. The summed E-state index contributed by atoms with van der Waals surface area (Å²) in [5.74, 6) is -1.45. The number of thiophene rings is 1. The van der Waals surface area contributed by atoms with Gasteiger partial charge in [-0.3, -0.25) is 4.79 Å². The standard InChI is InChI=1S/C20H17ClN2O3S/c1-23(2)15-9-5-13(6-10-15)18(24)22-19-17(20(25)26)16(11-27-19)12-3-7-14(21)8-4-12/h3-11H,1-2H3,(H,22,24)(H,25,26). The molecule has 0 saturated carbocycles. The summed E-state index contributed by atoms with van der Waals surface area (Å²) in [6.45, 7) is 0. The first kappa shape index (κ1) is 18.9. The van der Waals surface area contributed by atoms with Crippen molar-refractivity contribution in [2.75, 3.05) is 24.3 Å². The van der Waals surface area contributed by atoms with Crippen LogP contribution in [-0.2, 0) is 0 Å². The van der Waals surface area contributed by atoms with Crippen LogP contribution in [0.1, 0.15) is 20.7 Å². The molecule has 1 heterocycles. The number of halogens is 1. The van der Waals surface area contributed by atoms with E-state index in [0.29, 0.717) is 21.2 Å². The SMILES string of the molecule is CN(C)c1ccc(C(=O)Nc2scc(-c3ccc(Cl)cc3)c2C(=O)O)cc1. The predicted molar refractivity (Wildman–Crippen MR) is 110 cm³/mol. The number of aromatic carboxylic acids is 1. The molecule has 3 aromatic rings. The Labute approximate surface area is 165 Å². The zero-order chi connectivity index (χ0) is 19.6. The Morgan fingerprint density at radius 1 is 1.04 bits per heavy atom. The maximum Gasteiger partial charge on any atom is 0.339 e. The summed E-state index contributed by atoms with van der Waals surface area (Å²) >= 11 is 7.08. The molecule has 0 saturated heterocycles. The summed E-state index contributed by atoms with van der Waals surface area (Å²) < 4.78 is 0. The molecule has 0 aliphatic carbocycles. The first-order valence-corrected chi connectivity index (χ1v) is 9.32. The Hall–Kier alpha value is -2.83. The van der Waals surface area contributed by atoms with E-state index in [-0.39, 0.29) is 11.5 Å². The van der Waals surface area contributed by atoms with Crippen molar-refractivity contribution in [1.82, 2.24) is 0 Å². The van der Waals surface area contributed by atoms with Crippen molar-refractivity contribution in [3.63, 3.8) is 0 Å². The number of rotatable bonds is 5. The summed E-state index contributed by atoms with van der Waals surface area (Å²) in [5.41, 5.74) is 2.77. The van der Waals surface area contributed by atoms with E-state index in [0.717, 1.165) is 11.3 Å². The molecule has 3 rings (SSSR count). The van der Waals surface area contributed by atoms with E-state index in [4.69, 9.17) is 11.6 Å². The predicted octanol–water partition coefficient (Wildman–Crippen LogP) is 5.09. The van der Waals surface area contributed by atoms with E-state index < -0.39 is 5.97 Å². The second-order valence-electron chi connectivity index (χ2n) is 6.06. The molecule has 2 aromatic carbocycles. The van der Waals surface area contributed by atoms with Crippen LogP contribution in [0.25, 0.3) is 11.1 Å². The van der Waals surface area contributed by atoms with Gasteiger partial charge < -0.3 is 15.3 Å². The lowest BCUT2D eigenvalue weighted by Gasteiger charge is -2.12. The molecule has 0 atom stereocenters. The third-order valence-electron chi connectivity index (χ3n) is 4.03. The van der Waals surface area contributed by atoms with Crippen LogP contribution in [0, 0.1) is 0 Å². The minimum Gasteiger partial charge on any atom is -0.478 e. The highest BCUT2D eigenvalue weighted by Crippen LogP contribution is 2.36. The normalized spacial score (nSPS) is 10.5. The van der Waals surface area contributed by atoms with Gasteiger partial charge in [-0.2, -0.15) is 0 Å². The van der Waals surface area contributed by atoms with Crippen LogP contribution in [0.15, 0.2) is 53.9 Å². The van der Waals surface area contributed by atoms with Crippen LogP contribution in [0.4, 0.5) is 10.7 Å². The summed E-state index contributed by atoms with van der Waals surface area (Å²) in [7, 11) is 3.83. The van der Waals surface area contributed by atoms with Crippen LogP contribution >= 0.6 is 22.9 Å². The van der Waals surface area contributed by atoms with Crippen LogP contribution in [0.2, 0.25) is 5.02 Å². The third kappa shape index (κ3) is 4.13. The fourth-order valence-corrected chi connectivity index (χ4v) is 3.67. The van der Waals surface area contributed by atoms with Crippen molar-refractivity contribution in [3.8, 4) is 11.1 Å². The first-order chi connectivity index (χ1) is 12.9. The van der Waals surface area contributed by atoms with Gasteiger partial charge in [0.2, 0.25) is 0 Å². The number of nitrogens with one attached hydrogen (secondary N) is 1. The largest absolute Gasteiger partial charge is 0.478 e. The highest BCUT2D eigenvalue weighted by Gasteiger charge is 2.21. The van der Waals surface area contributed by atoms with Gasteiger partial charge in [-0.15, -0.1) is 11.3 Å². The van der Waals surface area contributed by atoms with Gasteiger partial charge in [0.25, 0.3) is 5.91 Å². The zero-order valence-corrected chi connectivity index (χ0v) is 16.3. The molecule has 1 amide bonds. The lowest BCUT2D eigenvalue weighted by Crippen LogP contribution is -2.14. The molecule has 0 radical (unpaired) electrons. The quantitative estimate of drug-likeness (QED) is 0.626. The minimum absolute atomic E-state index is 0.0700. The zero-order valence-electron chi connectivity index (χ0n) is 14.7. The molecule has 0 aliphatic heterocycles. The molecule has 1 aromatic heterocycles. The number of hydrogen-bond acceptors (Lipinski definition) is 4. The second kappa shape index (κ2) is 7.82. The number of carboxylic acids is 1. The summed E-state index contributed by atoms with van der Waals surface area (Å²) in [6.07, 6.45) is 0. The van der Waals surface area contributed by atoms with E-state index in [1.807, 2.05) is 31.1 Å². The molecular weight excluding hydrogens is 384 g/mol. The van der Waals surface area contributed by atoms with E-state index in [1.165, 1.54) is 11.3 Å². The van der Waals surface area contributed by atoms with Crippen LogP contribution in [0.5, 0.6) is 0 Å². The number of amides is 1. The van der Waals surface area contributed by atoms with E-state index >= 15 is 0 Å². The molecular formula is C20H17ClN2O3S. The first-order valence-electron chi connectivity index (χ1n) is 8.06. The van der Waals surface area contributed by atoms with Crippen LogP contribution in [0.3, 0.4) is 0 Å². The van der Waals surface area contributed by atoms with Crippen LogP contribution in [-0.4, -0.2) is 31.1 Å². The van der Waals surface area contributed by atoms with Crippen molar-refractivity contribution < 1.29 is 14.7 Å². The maximum atomic E-state index is 12.5. The topological polar surface area (TPSA) is 69.6 Å². The molecule has 0 bridgehead atoms. The number of anilines is 2. The Kier molecular flexibility index (Phi) is 5.48. The van der Waals surface area contributed by atoms with Gasteiger partial charge >= 0.3 is 5.97 Å². The highest BCUT2D eigenvalue weighted by atomic mass is 35.5. The van der Waals surface area contributed by atoms with Crippen molar-refractivity contribution >= 4 is 45.5 Å². The molecule has 27 heavy (non-hydrogen) atoms. The smallest absolute Gasteiger partial charge is 0.339 e. The van der Waals surface area contributed by atoms with Crippen molar-refractivity contribution in [2.24, 2.45) is 0 Å². The molecule has 7 heteroatoms. The van der Waals surface area contributed by atoms with Crippen LogP contribution < -0.4 is 10.2 Å². The molecule has 0 spiro atoms. The van der Waals surface area contributed by atoms with E-state index in [2.05, 4.69) is 5.32 Å². The average molecular weight is 401 g/mol. The second-order valence-corrected chi connectivity index (χ2v) is 7.38. The average Bonchev–Trinajstić information content (AvgIpc) is 3.06. The number of carbonyl (C=O) groups excluding carboxylic acids is 1. The van der Waals surface area contributed by atoms with Gasteiger partial charge in [-0.05, 0) is 42.0 Å². The summed E-state index contributed by atoms with van der Waals surface area (Å²) in [4.78, 5) is 26.3. The van der Waals surface area contributed by atoms with E-state index in [9.17, 15) is 14.7 Å². The van der Waals surface area contributed by atoms with Crippen molar-refractivity contribution in [3.05, 3.63) is 70.1 Å². The van der Waals surface area contributed by atoms with Crippen molar-refractivity contribution in [1.29, 1.82) is 0 Å². The number of nitrogens with zero attached hydrogens (tertiary/aromatic N) is 1. The Morgan fingerprint density at radius 3 is 2.22 bits per heavy atom. The fourth-order valence-electron chi connectivity index (χ4n) is 2.59. The number of benzene rings is 2. The van der Waals surface area contributed by atoms with Gasteiger partial charge in [-0.25, -0.2) is 4.79 Å². The fraction of sp³-hybridized carbons (Fsp3) is 0.100. The third-order valence-corrected chi connectivity index (χ3v) is 5.18. The van der Waals surface area contributed by atoms with Gasteiger partial charge in [0.05, 0.1) is 0 Å². The van der Waals surface area contributed by atoms with Crippen molar-refractivity contribution in [2.45, 2.75) is 0 Å². The monoisotopic (exact) mass is 400 g/mol. The lowest BCUT2D eigenvalue weighted by molar-refractivity contribution is 0.0699. The molecule has 5 nitrogen and oxygen atoms in total. The summed E-state index contributed by atoms with van der Waals surface area (Å²) in [6, 6.07) is 14.0. The Balaban J connectivity index is 1.89. The number of hydrogen-bond donors (Lipinski definition) is 2. The number of carboxylic acid groups (broad SMARTS) is 1. The maximum absolute atomic E-state index is 12.5. The molecule has 2 N–H and O–H groups in total. The Morgan fingerprint density at radius 2 is 1.67 bits per heavy atom. The van der Waals surface area contributed by atoms with E-state index in [1.54, 1.807) is 41.8 Å². The van der Waals surface area contributed by atoms with Gasteiger partial charge in [0, 0.05) is 41.3 Å². The van der Waals surface area contributed by atoms with Gasteiger partial charge in [0.1, 0.15) is 10.6 Å². The molecule has 0 aliphatic rings.